The van der Waals surface area contributed by atoms with Gasteiger partial charge in [0.15, 0.2) is 0 Å². The lowest BCUT2D eigenvalue weighted by atomic mass is 10.2. The van der Waals surface area contributed by atoms with Gasteiger partial charge in [-0.3, -0.25) is 4.68 Å². The minimum atomic E-state index is 0.428. The zero-order valence-corrected chi connectivity index (χ0v) is 10.1. The van der Waals surface area contributed by atoms with Gasteiger partial charge in [-0.2, -0.15) is 5.10 Å². The van der Waals surface area contributed by atoms with E-state index in [0.717, 1.165) is 11.3 Å². The van der Waals surface area contributed by atoms with Gasteiger partial charge in [-0.05, 0) is 0 Å². The Morgan fingerprint density at radius 1 is 1.31 bits per heavy atom. The number of aryl methyl sites for hydroxylation is 1. The van der Waals surface area contributed by atoms with Crippen molar-refractivity contribution >= 4 is 17.5 Å². The monoisotopic (exact) mass is 237 g/mol. The Labute approximate surface area is 98.7 Å². The quantitative estimate of drug-likeness (QED) is 0.745. The standard InChI is InChI=1S/C10H12ClN5/c1-15(2)10-13-8(4-9(11)14-10)7-5-12-16(3)6-7/h4-6H,1-3H3. The predicted octanol–water partition coefficient (Wildman–Crippen LogP) is 1.60. The maximum Gasteiger partial charge on any atom is 0.226 e. The molecule has 0 spiro atoms. The molecule has 84 valence electrons. The van der Waals surface area contributed by atoms with Crippen molar-refractivity contribution in [2.45, 2.75) is 0 Å². The summed E-state index contributed by atoms with van der Waals surface area (Å²) in [6, 6.07) is 1.73. The zero-order valence-electron chi connectivity index (χ0n) is 9.35. The van der Waals surface area contributed by atoms with Crippen LogP contribution in [0.5, 0.6) is 0 Å². The number of anilines is 1. The van der Waals surface area contributed by atoms with Crippen molar-refractivity contribution in [3.63, 3.8) is 0 Å². The summed E-state index contributed by atoms with van der Waals surface area (Å²) in [5.74, 6) is 0.589. The highest BCUT2D eigenvalue weighted by molar-refractivity contribution is 6.29. The third kappa shape index (κ3) is 2.14. The third-order valence-corrected chi connectivity index (χ3v) is 2.28. The van der Waals surface area contributed by atoms with Crippen molar-refractivity contribution < 1.29 is 0 Å². The average Bonchev–Trinajstić information content (AvgIpc) is 2.64. The predicted molar refractivity (Wildman–Crippen MR) is 63.6 cm³/mol. The lowest BCUT2D eigenvalue weighted by Crippen LogP contribution is -2.13. The minimum Gasteiger partial charge on any atom is -0.347 e. The van der Waals surface area contributed by atoms with Crippen LogP contribution in [0.4, 0.5) is 5.95 Å². The normalized spacial score (nSPS) is 10.5. The topological polar surface area (TPSA) is 46.8 Å². The SMILES string of the molecule is CN(C)c1nc(Cl)cc(-c2cnn(C)c2)n1. The molecular weight excluding hydrogens is 226 g/mol. The summed E-state index contributed by atoms with van der Waals surface area (Å²) in [5, 5.41) is 4.53. The number of aromatic nitrogens is 4. The lowest BCUT2D eigenvalue weighted by Gasteiger charge is -2.10. The van der Waals surface area contributed by atoms with Crippen LogP contribution >= 0.6 is 11.6 Å². The summed E-state index contributed by atoms with van der Waals surface area (Å²) in [4.78, 5) is 10.3. The number of rotatable bonds is 2. The van der Waals surface area contributed by atoms with E-state index in [-0.39, 0.29) is 0 Å². The second-order valence-corrected chi connectivity index (χ2v) is 4.06. The fourth-order valence-electron chi connectivity index (χ4n) is 1.31. The summed E-state index contributed by atoms with van der Waals surface area (Å²) in [6.45, 7) is 0. The van der Waals surface area contributed by atoms with Crippen LogP contribution in [0, 0.1) is 0 Å². The first-order valence-electron chi connectivity index (χ1n) is 4.77. The van der Waals surface area contributed by atoms with Crippen LogP contribution in [-0.2, 0) is 7.05 Å². The van der Waals surface area contributed by atoms with Crippen molar-refractivity contribution in [1.82, 2.24) is 19.7 Å². The first-order chi connectivity index (χ1) is 7.56. The second kappa shape index (κ2) is 4.09. The molecule has 5 nitrogen and oxygen atoms in total. The molecule has 0 bridgehead atoms. The van der Waals surface area contributed by atoms with Crippen LogP contribution in [0.3, 0.4) is 0 Å². The van der Waals surface area contributed by atoms with Crippen LogP contribution in [0.25, 0.3) is 11.3 Å². The maximum absolute atomic E-state index is 5.95. The van der Waals surface area contributed by atoms with Gasteiger partial charge in [-0.15, -0.1) is 0 Å². The molecule has 16 heavy (non-hydrogen) atoms. The second-order valence-electron chi connectivity index (χ2n) is 3.67. The average molecular weight is 238 g/mol. The van der Waals surface area contributed by atoms with Gasteiger partial charge in [-0.25, -0.2) is 9.97 Å². The van der Waals surface area contributed by atoms with Gasteiger partial charge in [0.1, 0.15) is 5.15 Å². The number of halogens is 1. The van der Waals surface area contributed by atoms with E-state index in [1.165, 1.54) is 0 Å². The molecule has 0 fully saturated rings. The van der Waals surface area contributed by atoms with Crippen LogP contribution in [0.2, 0.25) is 5.15 Å². The van der Waals surface area contributed by atoms with Crippen molar-refractivity contribution in [2.75, 3.05) is 19.0 Å². The number of nitrogens with zero attached hydrogens (tertiary/aromatic N) is 5. The molecule has 0 atom stereocenters. The summed E-state index contributed by atoms with van der Waals surface area (Å²) in [6.07, 6.45) is 3.64. The van der Waals surface area contributed by atoms with Crippen molar-refractivity contribution in [3.05, 3.63) is 23.6 Å². The number of hydrogen-bond donors (Lipinski definition) is 0. The fraction of sp³-hybridized carbons (Fsp3) is 0.300. The summed E-state index contributed by atoms with van der Waals surface area (Å²) in [5.41, 5.74) is 1.70. The summed E-state index contributed by atoms with van der Waals surface area (Å²) in [7, 11) is 5.61. The van der Waals surface area contributed by atoms with Crippen molar-refractivity contribution in [3.8, 4) is 11.3 Å². The van der Waals surface area contributed by atoms with Gasteiger partial charge in [0.05, 0.1) is 11.9 Å². The van der Waals surface area contributed by atoms with Gasteiger partial charge >= 0.3 is 0 Å². The lowest BCUT2D eigenvalue weighted by molar-refractivity contribution is 0.768. The molecule has 0 N–H and O–H groups in total. The Hall–Kier alpha value is -1.62. The molecule has 0 aromatic carbocycles. The van der Waals surface area contributed by atoms with Gasteiger partial charge < -0.3 is 4.90 Å². The molecule has 2 aromatic rings. The van der Waals surface area contributed by atoms with E-state index in [1.807, 2.05) is 32.2 Å². The largest absolute Gasteiger partial charge is 0.347 e. The first kappa shape index (κ1) is 10.9. The summed E-state index contributed by atoms with van der Waals surface area (Å²) >= 11 is 5.95. The molecule has 0 saturated carbocycles. The zero-order chi connectivity index (χ0) is 11.7. The van der Waals surface area contributed by atoms with Crippen molar-refractivity contribution in [1.29, 1.82) is 0 Å². The van der Waals surface area contributed by atoms with Crippen molar-refractivity contribution in [2.24, 2.45) is 7.05 Å². The van der Waals surface area contributed by atoms with Crippen LogP contribution in [0.1, 0.15) is 0 Å². The van der Waals surface area contributed by atoms with Crippen LogP contribution in [-0.4, -0.2) is 33.8 Å². The Morgan fingerprint density at radius 3 is 2.62 bits per heavy atom. The van der Waals surface area contributed by atoms with E-state index in [1.54, 1.807) is 16.9 Å². The van der Waals surface area contributed by atoms with E-state index in [9.17, 15) is 0 Å². The van der Waals surface area contributed by atoms with Crippen LogP contribution in [0.15, 0.2) is 18.5 Å². The molecule has 0 unspecified atom stereocenters. The van der Waals surface area contributed by atoms with Crippen LogP contribution < -0.4 is 4.90 Å². The maximum atomic E-state index is 5.95. The van der Waals surface area contributed by atoms with E-state index < -0.39 is 0 Å². The van der Waals surface area contributed by atoms with E-state index in [2.05, 4.69) is 15.1 Å². The molecule has 2 heterocycles. The molecule has 2 aromatic heterocycles. The Bertz CT molecular complexity index is 506. The highest BCUT2D eigenvalue weighted by Crippen LogP contribution is 2.21. The molecule has 0 aliphatic heterocycles. The molecule has 0 aliphatic carbocycles. The fourth-order valence-corrected chi connectivity index (χ4v) is 1.49. The molecule has 0 saturated heterocycles. The molecule has 0 aliphatic rings. The molecule has 6 heteroatoms. The molecule has 2 rings (SSSR count). The first-order valence-corrected chi connectivity index (χ1v) is 5.15. The molecule has 0 amide bonds. The van der Waals surface area contributed by atoms with Gasteiger partial charge in [-0.1, -0.05) is 11.6 Å². The van der Waals surface area contributed by atoms with Gasteiger partial charge in [0, 0.05) is 39.0 Å². The number of hydrogen-bond acceptors (Lipinski definition) is 4. The summed E-state index contributed by atoms with van der Waals surface area (Å²) < 4.78 is 1.72. The van der Waals surface area contributed by atoms with Gasteiger partial charge in [0.25, 0.3) is 0 Å². The Kier molecular flexibility index (Phi) is 2.78. The van der Waals surface area contributed by atoms with E-state index >= 15 is 0 Å². The highest BCUT2D eigenvalue weighted by atomic mass is 35.5. The van der Waals surface area contributed by atoms with Gasteiger partial charge in [0.2, 0.25) is 5.95 Å². The minimum absolute atomic E-state index is 0.428. The third-order valence-electron chi connectivity index (χ3n) is 2.08. The van der Waals surface area contributed by atoms with E-state index in [4.69, 9.17) is 11.6 Å². The Balaban J connectivity index is 2.49. The van der Waals surface area contributed by atoms with E-state index in [0.29, 0.717) is 11.1 Å². The Morgan fingerprint density at radius 2 is 2.06 bits per heavy atom. The molecule has 0 radical (unpaired) electrons. The highest BCUT2D eigenvalue weighted by Gasteiger charge is 2.08. The smallest absolute Gasteiger partial charge is 0.226 e. The molecular formula is C10H12ClN5.